The van der Waals surface area contributed by atoms with Crippen LogP contribution in [0.2, 0.25) is 0 Å². The van der Waals surface area contributed by atoms with Crippen molar-refractivity contribution in [1.82, 2.24) is 9.47 Å². The molecular weight excluding hydrogens is 254 g/mol. The van der Waals surface area contributed by atoms with E-state index in [1.807, 2.05) is 22.6 Å². The number of amides is 1. The number of ether oxygens (including phenoxy) is 1. The lowest BCUT2D eigenvalue weighted by molar-refractivity contribution is -0.0755. The molecule has 110 valence electrons. The van der Waals surface area contributed by atoms with Crippen molar-refractivity contribution in [1.29, 1.82) is 0 Å². The predicted octanol–water partition coefficient (Wildman–Crippen LogP) is 1.87. The number of morpholine rings is 1. The minimum Gasteiger partial charge on any atom is -0.397 e. The minimum absolute atomic E-state index is 0.101. The highest BCUT2D eigenvalue weighted by atomic mass is 16.5. The van der Waals surface area contributed by atoms with Gasteiger partial charge in [0.05, 0.1) is 24.4 Å². The maximum absolute atomic E-state index is 12.8. The van der Waals surface area contributed by atoms with Gasteiger partial charge in [-0.2, -0.15) is 0 Å². The van der Waals surface area contributed by atoms with Crippen LogP contribution in [0.1, 0.15) is 43.1 Å². The average Bonchev–Trinajstić information content (AvgIpc) is 2.87. The molecule has 0 radical (unpaired) electrons. The summed E-state index contributed by atoms with van der Waals surface area (Å²) in [4.78, 5) is 14.8. The Morgan fingerprint density at radius 2 is 2.25 bits per heavy atom. The molecule has 1 aromatic heterocycles. The number of fused-ring (bicyclic) bond motifs is 1. The van der Waals surface area contributed by atoms with Gasteiger partial charge >= 0.3 is 0 Å². The smallest absolute Gasteiger partial charge is 0.270 e. The average molecular weight is 277 g/mol. The lowest BCUT2D eigenvalue weighted by Crippen LogP contribution is -2.55. The van der Waals surface area contributed by atoms with E-state index < -0.39 is 0 Å². The van der Waals surface area contributed by atoms with E-state index >= 15 is 0 Å². The fourth-order valence-corrected chi connectivity index (χ4v) is 3.47. The second-order valence-electron chi connectivity index (χ2n) is 5.70. The Morgan fingerprint density at radius 1 is 1.45 bits per heavy atom. The zero-order valence-electron chi connectivity index (χ0n) is 12.0. The first-order chi connectivity index (χ1) is 9.70. The summed E-state index contributed by atoms with van der Waals surface area (Å²) in [5.74, 6) is 0.101. The summed E-state index contributed by atoms with van der Waals surface area (Å²) in [7, 11) is 0. The molecule has 3 rings (SSSR count). The number of nitrogen functional groups attached to an aromatic ring is 1. The summed E-state index contributed by atoms with van der Waals surface area (Å²) in [5, 5.41) is 0. The first-order valence-corrected chi connectivity index (χ1v) is 7.59. The molecule has 2 heterocycles. The summed E-state index contributed by atoms with van der Waals surface area (Å²) >= 11 is 0. The number of aryl methyl sites for hydroxylation is 1. The van der Waals surface area contributed by atoms with E-state index in [0.717, 1.165) is 19.4 Å². The van der Waals surface area contributed by atoms with Crippen LogP contribution in [0.5, 0.6) is 0 Å². The van der Waals surface area contributed by atoms with Gasteiger partial charge in [-0.3, -0.25) is 4.79 Å². The first-order valence-electron chi connectivity index (χ1n) is 7.59. The molecule has 0 bridgehead atoms. The van der Waals surface area contributed by atoms with Crippen LogP contribution in [0.4, 0.5) is 5.69 Å². The molecule has 5 nitrogen and oxygen atoms in total. The van der Waals surface area contributed by atoms with Crippen molar-refractivity contribution in [2.75, 3.05) is 18.9 Å². The van der Waals surface area contributed by atoms with Gasteiger partial charge < -0.3 is 19.9 Å². The molecule has 2 unspecified atom stereocenters. The van der Waals surface area contributed by atoms with Gasteiger partial charge in [-0.25, -0.2) is 0 Å². The fourth-order valence-electron chi connectivity index (χ4n) is 3.47. The van der Waals surface area contributed by atoms with E-state index in [9.17, 15) is 4.79 Å². The largest absolute Gasteiger partial charge is 0.397 e. The molecule has 1 aliphatic carbocycles. The van der Waals surface area contributed by atoms with E-state index in [4.69, 9.17) is 10.5 Å². The van der Waals surface area contributed by atoms with Crippen LogP contribution in [-0.2, 0) is 11.3 Å². The van der Waals surface area contributed by atoms with Crippen molar-refractivity contribution >= 4 is 11.6 Å². The number of nitrogens with two attached hydrogens (primary N) is 1. The molecule has 1 saturated heterocycles. The summed E-state index contributed by atoms with van der Waals surface area (Å²) in [6.45, 7) is 4.12. The standard InChI is InChI=1S/C15H23N3O2/c1-2-17-10-11(16)9-13(17)15(19)18-7-8-20-14-6-4-3-5-12(14)18/h9-10,12,14H,2-8,16H2,1H3. The number of hydrogen-bond donors (Lipinski definition) is 1. The molecule has 2 fully saturated rings. The number of hydrogen-bond acceptors (Lipinski definition) is 3. The number of rotatable bonds is 2. The summed E-state index contributed by atoms with van der Waals surface area (Å²) in [6.07, 6.45) is 6.59. The van der Waals surface area contributed by atoms with Gasteiger partial charge in [0.25, 0.3) is 5.91 Å². The Kier molecular flexibility index (Phi) is 3.70. The summed E-state index contributed by atoms with van der Waals surface area (Å²) in [5.41, 5.74) is 7.20. The molecule has 5 heteroatoms. The maximum Gasteiger partial charge on any atom is 0.270 e. The van der Waals surface area contributed by atoms with Crippen LogP contribution in [0.15, 0.2) is 12.3 Å². The van der Waals surface area contributed by atoms with Gasteiger partial charge in [0.1, 0.15) is 5.69 Å². The van der Waals surface area contributed by atoms with E-state index in [0.29, 0.717) is 24.5 Å². The van der Waals surface area contributed by atoms with E-state index in [1.165, 1.54) is 12.8 Å². The molecule has 0 aromatic carbocycles. The highest BCUT2D eigenvalue weighted by Gasteiger charge is 2.37. The SMILES string of the molecule is CCn1cc(N)cc1C(=O)N1CCOC2CCCCC21. The van der Waals surface area contributed by atoms with Gasteiger partial charge in [-0.05, 0) is 25.8 Å². The van der Waals surface area contributed by atoms with Crippen LogP contribution < -0.4 is 5.73 Å². The molecule has 1 amide bonds. The van der Waals surface area contributed by atoms with Crippen molar-refractivity contribution in [3.63, 3.8) is 0 Å². The van der Waals surface area contributed by atoms with E-state index in [2.05, 4.69) is 0 Å². The Morgan fingerprint density at radius 3 is 3.05 bits per heavy atom. The molecule has 2 N–H and O–H groups in total. The Hall–Kier alpha value is -1.49. The van der Waals surface area contributed by atoms with Crippen LogP contribution in [0, 0.1) is 0 Å². The first kappa shape index (κ1) is 13.5. The van der Waals surface area contributed by atoms with Crippen molar-refractivity contribution in [2.45, 2.75) is 51.3 Å². The van der Waals surface area contributed by atoms with Gasteiger partial charge in [0.2, 0.25) is 0 Å². The maximum atomic E-state index is 12.8. The van der Waals surface area contributed by atoms with Gasteiger partial charge in [-0.1, -0.05) is 12.8 Å². The topological polar surface area (TPSA) is 60.5 Å². The molecular formula is C15H23N3O2. The van der Waals surface area contributed by atoms with E-state index in [-0.39, 0.29) is 18.1 Å². The Balaban J connectivity index is 1.84. The van der Waals surface area contributed by atoms with Crippen LogP contribution in [0.3, 0.4) is 0 Å². The molecule has 2 atom stereocenters. The number of carbonyl (C=O) groups is 1. The zero-order valence-corrected chi connectivity index (χ0v) is 12.0. The molecule has 0 spiro atoms. The number of aromatic nitrogens is 1. The van der Waals surface area contributed by atoms with Crippen molar-refractivity contribution in [3.05, 3.63) is 18.0 Å². The van der Waals surface area contributed by atoms with Gasteiger partial charge in [0.15, 0.2) is 0 Å². The van der Waals surface area contributed by atoms with Crippen LogP contribution >= 0.6 is 0 Å². The van der Waals surface area contributed by atoms with Crippen molar-refractivity contribution in [3.8, 4) is 0 Å². The molecule has 20 heavy (non-hydrogen) atoms. The quantitative estimate of drug-likeness (QED) is 0.897. The normalized spacial score (nSPS) is 26.4. The predicted molar refractivity (Wildman–Crippen MR) is 77.6 cm³/mol. The van der Waals surface area contributed by atoms with Crippen molar-refractivity contribution in [2.24, 2.45) is 0 Å². The molecule has 1 aliphatic heterocycles. The molecule has 2 aliphatic rings. The van der Waals surface area contributed by atoms with Crippen LogP contribution in [-0.4, -0.2) is 40.7 Å². The molecule has 1 aromatic rings. The highest BCUT2D eigenvalue weighted by molar-refractivity contribution is 5.94. The monoisotopic (exact) mass is 277 g/mol. The third-order valence-electron chi connectivity index (χ3n) is 4.47. The van der Waals surface area contributed by atoms with Crippen LogP contribution in [0.25, 0.3) is 0 Å². The number of carbonyl (C=O) groups excluding carboxylic acids is 1. The fraction of sp³-hybridized carbons (Fsp3) is 0.667. The lowest BCUT2D eigenvalue weighted by Gasteiger charge is -2.43. The van der Waals surface area contributed by atoms with E-state index in [1.54, 1.807) is 6.07 Å². The lowest BCUT2D eigenvalue weighted by atomic mass is 9.90. The highest BCUT2D eigenvalue weighted by Crippen LogP contribution is 2.29. The number of nitrogens with zero attached hydrogens (tertiary/aromatic N) is 2. The minimum atomic E-state index is 0.101. The van der Waals surface area contributed by atoms with Gasteiger partial charge in [0, 0.05) is 19.3 Å². The van der Waals surface area contributed by atoms with Crippen molar-refractivity contribution < 1.29 is 9.53 Å². The Labute approximate surface area is 119 Å². The Bertz CT molecular complexity index is 495. The molecule has 1 saturated carbocycles. The summed E-state index contributed by atoms with van der Waals surface area (Å²) in [6, 6.07) is 2.03. The second-order valence-corrected chi connectivity index (χ2v) is 5.70. The number of anilines is 1. The zero-order chi connectivity index (χ0) is 14.1. The third-order valence-corrected chi connectivity index (χ3v) is 4.47. The summed E-state index contributed by atoms with van der Waals surface area (Å²) < 4.78 is 7.77. The van der Waals surface area contributed by atoms with Gasteiger partial charge in [-0.15, -0.1) is 0 Å². The third kappa shape index (κ3) is 2.30. The second kappa shape index (κ2) is 5.48.